The van der Waals surface area contributed by atoms with Crippen molar-refractivity contribution in [2.45, 2.75) is 87.1 Å². The predicted molar refractivity (Wildman–Crippen MR) is 177 cm³/mol. The molecule has 0 amide bonds. The molecule has 0 radical (unpaired) electrons. The summed E-state index contributed by atoms with van der Waals surface area (Å²) in [6, 6.07) is 13.5. The summed E-state index contributed by atoms with van der Waals surface area (Å²) in [5.41, 5.74) is 4.70. The van der Waals surface area contributed by atoms with Crippen molar-refractivity contribution in [2.24, 2.45) is 17.3 Å². The zero-order valence-electron chi connectivity index (χ0n) is 26.7. The van der Waals surface area contributed by atoms with Gasteiger partial charge in [-0.2, -0.15) is 0 Å². The molecule has 0 bridgehead atoms. The molecule has 40 heavy (non-hydrogen) atoms. The molecule has 4 heteroatoms. The van der Waals surface area contributed by atoms with Crippen LogP contribution in [-0.2, 0) is 0 Å². The summed E-state index contributed by atoms with van der Waals surface area (Å²) in [4.78, 5) is 9.59. The van der Waals surface area contributed by atoms with E-state index >= 15 is 0 Å². The summed E-state index contributed by atoms with van der Waals surface area (Å²) in [6.07, 6.45) is 12.4. The van der Waals surface area contributed by atoms with Crippen molar-refractivity contribution in [3.63, 3.8) is 0 Å². The number of rotatable bonds is 18. The molecule has 0 fully saturated rings. The topological polar surface area (TPSA) is 43.2 Å². The Labute approximate surface area is 246 Å². The molecule has 1 unspecified atom stereocenters. The second-order valence-corrected chi connectivity index (χ2v) is 13.0. The minimum absolute atomic E-state index is 0.220. The molecule has 4 nitrogen and oxygen atoms in total. The number of allylic oxidation sites excluding steroid dienone is 1. The maximum Gasteiger partial charge on any atom is 0.0884 e. The molecule has 1 aromatic heterocycles. The lowest BCUT2D eigenvalue weighted by Crippen LogP contribution is -2.40. The predicted octanol–water partition coefficient (Wildman–Crippen LogP) is 9.22. The summed E-state index contributed by atoms with van der Waals surface area (Å²) in [7, 11) is 0. The van der Waals surface area contributed by atoms with Crippen LogP contribution in [0.1, 0.15) is 97.9 Å². The van der Waals surface area contributed by atoms with E-state index in [4.69, 9.17) is 5.41 Å². The first-order valence-corrected chi connectivity index (χ1v) is 15.4. The molecule has 2 rings (SSSR count). The summed E-state index contributed by atoms with van der Waals surface area (Å²) < 4.78 is 0. The SMILES string of the molecule is C=CC(=N)c1cc(/C=C/c2ccc(N(CCC(C)C)CC(C)(C)CCN(CCC(C)C)C(C)CC)cc2)ccn1. The highest BCUT2D eigenvalue weighted by atomic mass is 15.2. The summed E-state index contributed by atoms with van der Waals surface area (Å²) >= 11 is 0. The lowest BCUT2D eigenvalue weighted by atomic mass is 9.87. The third-order valence-electron chi connectivity index (χ3n) is 7.87. The van der Waals surface area contributed by atoms with Crippen LogP contribution in [0.3, 0.4) is 0 Å². The molecule has 1 atom stereocenters. The third-order valence-corrected chi connectivity index (χ3v) is 7.87. The van der Waals surface area contributed by atoms with E-state index in [0.717, 1.165) is 24.6 Å². The second-order valence-electron chi connectivity index (χ2n) is 13.0. The number of benzene rings is 1. The molecule has 0 aliphatic carbocycles. The second kappa shape index (κ2) is 16.5. The Bertz CT molecular complexity index is 1060. The lowest BCUT2D eigenvalue weighted by Gasteiger charge is -2.37. The molecule has 220 valence electrons. The minimum atomic E-state index is 0.220. The van der Waals surface area contributed by atoms with E-state index in [1.807, 2.05) is 12.1 Å². The normalized spacial score (nSPS) is 13.0. The monoisotopic (exact) mass is 544 g/mol. The van der Waals surface area contributed by atoms with Gasteiger partial charge in [0.15, 0.2) is 0 Å². The Balaban J connectivity index is 2.13. The van der Waals surface area contributed by atoms with Crippen LogP contribution in [0.15, 0.2) is 55.3 Å². The number of hydrogen-bond acceptors (Lipinski definition) is 4. The first-order valence-electron chi connectivity index (χ1n) is 15.4. The van der Waals surface area contributed by atoms with Crippen LogP contribution in [0, 0.1) is 22.7 Å². The zero-order valence-corrected chi connectivity index (χ0v) is 26.7. The average molecular weight is 545 g/mol. The fourth-order valence-corrected chi connectivity index (χ4v) is 4.78. The Morgan fingerprint density at radius 1 is 0.925 bits per heavy atom. The van der Waals surface area contributed by atoms with Crippen molar-refractivity contribution < 1.29 is 0 Å². The van der Waals surface area contributed by atoms with Gasteiger partial charge in [-0.3, -0.25) is 10.4 Å². The number of nitrogens with one attached hydrogen (secondary N) is 1. The van der Waals surface area contributed by atoms with Gasteiger partial charge in [0, 0.05) is 31.0 Å². The minimum Gasteiger partial charge on any atom is -0.371 e. The Kier molecular flexibility index (Phi) is 13.8. The van der Waals surface area contributed by atoms with Crippen molar-refractivity contribution in [3.05, 3.63) is 72.1 Å². The van der Waals surface area contributed by atoms with E-state index in [-0.39, 0.29) is 5.41 Å². The van der Waals surface area contributed by atoms with Gasteiger partial charge in [0.2, 0.25) is 0 Å². The Morgan fingerprint density at radius 2 is 1.55 bits per heavy atom. The van der Waals surface area contributed by atoms with Crippen LogP contribution in [0.2, 0.25) is 0 Å². The molecule has 0 saturated heterocycles. The lowest BCUT2D eigenvalue weighted by molar-refractivity contribution is 0.163. The first-order chi connectivity index (χ1) is 18.9. The number of aromatic nitrogens is 1. The van der Waals surface area contributed by atoms with Crippen molar-refractivity contribution in [1.29, 1.82) is 5.41 Å². The first kappa shape index (κ1) is 33.5. The fourth-order valence-electron chi connectivity index (χ4n) is 4.78. The molecule has 0 aliphatic rings. The summed E-state index contributed by atoms with van der Waals surface area (Å²) in [6.45, 7) is 27.1. The molecule has 0 aliphatic heterocycles. The van der Waals surface area contributed by atoms with E-state index in [1.54, 1.807) is 6.20 Å². The molecule has 1 N–H and O–H groups in total. The van der Waals surface area contributed by atoms with Crippen molar-refractivity contribution >= 4 is 23.6 Å². The highest BCUT2D eigenvalue weighted by Gasteiger charge is 2.24. The van der Waals surface area contributed by atoms with E-state index < -0.39 is 0 Å². The van der Waals surface area contributed by atoms with Crippen molar-refractivity contribution in [1.82, 2.24) is 9.88 Å². The summed E-state index contributed by atoms with van der Waals surface area (Å²) in [5.74, 6) is 1.43. The van der Waals surface area contributed by atoms with Crippen LogP contribution in [0.25, 0.3) is 12.2 Å². The van der Waals surface area contributed by atoms with E-state index in [9.17, 15) is 0 Å². The van der Waals surface area contributed by atoms with Gasteiger partial charge in [0.05, 0.1) is 11.4 Å². The maximum absolute atomic E-state index is 7.95. The van der Waals surface area contributed by atoms with Gasteiger partial charge in [-0.1, -0.05) is 79.3 Å². The molecular formula is C36H56N4. The van der Waals surface area contributed by atoms with E-state index in [2.05, 4.69) is 113 Å². The van der Waals surface area contributed by atoms with Crippen LogP contribution in [0.4, 0.5) is 5.69 Å². The third kappa shape index (κ3) is 11.8. The molecular weight excluding hydrogens is 488 g/mol. The van der Waals surface area contributed by atoms with Gasteiger partial charge in [0.25, 0.3) is 0 Å². The molecule has 0 saturated carbocycles. The van der Waals surface area contributed by atoms with Gasteiger partial charge in [-0.15, -0.1) is 0 Å². The van der Waals surface area contributed by atoms with Crippen molar-refractivity contribution in [3.8, 4) is 0 Å². The quantitative estimate of drug-likeness (QED) is 0.190. The fraction of sp³-hybridized carbons (Fsp3) is 0.556. The van der Waals surface area contributed by atoms with Crippen LogP contribution >= 0.6 is 0 Å². The molecule has 0 spiro atoms. The summed E-state index contributed by atoms with van der Waals surface area (Å²) in [5, 5.41) is 7.95. The van der Waals surface area contributed by atoms with Gasteiger partial charge >= 0.3 is 0 Å². The van der Waals surface area contributed by atoms with Gasteiger partial charge < -0.3 is 9.80 Å². The highest BCUT2D eigenvalue weighted by molar-refractivity contribution is 6.05. The molecule has 2 aromatic rings. The standard InChI is InChI=1S/C36H56N4/c1-10-30(7)39(23-19-28(3)4)25-21-36(8,9)27-40(24-20-29(5)6)33-16-14-31(15-17-33)12-13-32-18-22-38-35(26-32)34(37)11-2/h11-18,22,26,28-30,37H,2,10,19-21,23-25,27H2,1,3-9H3/b13-12+,37-34?. The van der Waals surface area contributed by atoms with Gasteiger partial charge in [0.1, 0.15) is 0 Å². The van der Waals surface area contributed by atoms with E-state index in [0.29, 0.717) is 23.4 Å². The van der Waals surface area contributed by atoms with Crippen LogP contribution in [-0.4, -0.2) is 47.8 Å². The smallest absolute Gasteiger partial charge is 0.0884 e. The van der Waals surface area contributed by atoms with Gasteiger partial charge in [-0.05, 0) is 104 Å². The van der Waals surface area contributed by atoms with Crippen LogP contribution in [0.5, 0.6) is 0 Å². The number of nitrogens with zero attached hydrogens (tertiary/aromatic N) is 3. The zero-order chi connectivity index (χ0) is 29.7. The average Bonchev–Trinajstić information content (AvgIpc) is 2.93. The molecule has 1 heterocycles. The maximum atomic E-state index is 7.95. The van der Waals surface area contributed by atoms with Crippen molar-refractivity contribution in [2.75, 3.05) is 31.1 Å². The largest absolute Gasteiger partial charge is 0.371 e. The number of anilines is 1. The Hall–Kier alpha value is -2.72. The Morgan fingerprint density at radius 3 is 2.15 bits per heavy atom. The van der Waals surface area contributed by atoms with E-state index in [1.165, 1.54) is 56.1 Å². The highest BCUT2D eigenvalue weighted by Crippen LogP contribution is 2.28. The van der Waals surface area contributed by atoms with Gasteiger partial charge in [-0.25, -0.2) is 0 Å². The molecule has 1 aromatic carbocycles. The number of pyridine rings is 1. The number of hydrogen-bond donors (Lipinski definition) is 1. The van der Waals surface area contributed by atoms with Crippen LogP contribution < -0.4 is 4.90 Å².